The average molecular weight is 421 g/mol. The van der Waals surface area contributed by atoms with E-state index in [1.54, 1.807) is 42.5 Å². The highest BCUT2D eigenvalue weighted by Gasteiger charge is 2.41. The molecule has 5 nitrogen and oxygen atoms in total. The third kappa shape index (κ3) is 3.28. The number of rotatable bonds is 4. The Morgan fingerprint density at radius 3 is 2.48 bits per heavy atom. The Balaban J connectivity index is 1.59. The van der Waals surface area contributed by atoms with Gasteiger partial charge in [-0.3, -0.25) is 4.79 Å². The van der Waals surface area contributed by atoms with E-state index in [1.165, 1.54) is 11.0 Å². The zero-order valence-corrected chi connectivity index (χ0v) is 16.2. The van der Waals surface area contributed by atoms with Crippen molar-refractivity contribution in [2.75, 3.05) is 6.79 Å². The number of benzene rings is 3. The Bertz CT molecular complexity index is 1210. The van der Waals surface area contributed by atoms with Crippen molar-refractivity contribution in [1.29, 1.82) is 0 Å². The molecule has 0 aromatic heterocycles. The largest absolute Gasteiger partial charge is 0.503 e. The number of ether oxygens (including phenoxy) is 2. The lowest BCUT2D eigenvalue weighted by atomic mass is 9.93. The van der Waals surface area contributed by atoms with Crippen molar-refractivity contribution in [2.24, 2.45) is 0 Å². The predicted octanol–water partition coefficient (Wildman–Crippen LogP) is 4.75. The zero-order valence-electron chi connectivity index (χ0n) is 16.2. The number of carbonyl (C=O) groups is 1. The van der Waals surface area contributed by atoms with Gasteiger partial charge in [0.25, 0.3) is 5.91 Å². The molecule has 1 N–H and O–H groups in total. The van der Waals surface area contributed by atoms with E-state index >= 15 is 0 Å². The van der Waals surface area contributed by atoms with Gasteiger partial charge in [-0.15, -0.1) is 0 Å². The summed E-state index contributed by atoms with van der Waals surface area (Å²) >= 11 is 0. The van der Waals surface area contributed by atoms with Crippen LogP contribution in [-0.4, -0.2) is 22.7 Å². The molecule has 0 saturated carbocycles. The van der Waals surface area contributed by atoms with Crippen LogP contribution >= 0.6 is 0 Å². The molecule has 2 aliphatic heterocycles. The standard InChI is InChI=1S/C24H17F2NO4/c25-17-8-7-16(11-18(17)26)22-21(15-4-2-1-3-5-15)23(28)24(29)27(22)12-14-6-9-19-20(10-14)31-13-30-19/h1-11,22,28H,12-13H2. The summed E-state index contributed by atoms with van der Waals surface area (Å²) in [6, 6.07) is 16.9. The SMILES string of the molecule is O=C1C(O)=C(c2ccccc2)C(c2ccc(F)c(F)c2)N1Cc1ccc2c(c1)OCO2. The molecule has 2 aliphatic rings. The fourth-order valence-corrected chi connectivity index (χ4v) is 3.99. The maximum Gasteiger partial charge on any atom is 0.290 e. The van der Waals surface area contributed by atoms with E-state index in [4.69, 9.17) is 9.47 Å². The highest BCUT2D eigenvalue weighted by atomic mass is 19.2. The molecule has 3 aromatic carbocycles. The summed E-state index contributed by atoms with van der Waals surface area (Å²) < 4.78 is 38.4. The highest BCUT2D eigenvalue weighted by molar-refractivity contribution is 6.05. The molecule has 5 rings (SSSR count). The maximum absolute atomic E-state index is 14.1. The van der Waals surface area contributed by atoms with Gasteiger partial charge in [0.15, 0.2) is 28.9 Å². The molecule has 1 amide bonds. The molecule has 0 spiro atoms. The van der Waals surface area contributed by atoms with Gasteiger partial charge in [0, 0.05) is 12.1 Å². The third-order valence-corrected chi connectivity index (χ3v) is 5.44. The van der Waals surface area contributed by atoms with Gasteiger partial charge < -0.3 is 19.5 Å². The van der Waals surface area contributed by atoms with Gasteiger partial charge in [0.1, 0.15) is 0 Å². The van der Waals surface area contributed by atoms with Gasteiger partial charge in [-0.2, -0.15) is 0 Å². The molecular formula is C24H17F2NO4. The molecule has 156 valence electrons. The molecule has 1 unspecified atom stereocenters. The quantitative estimate of drug-likeness (QED) is 0.661. The lowest BCUT2D eigenvalue weighted by Crippen LogP contribution is -2.30. The second kappa shape index (κ2) is 7.43. The molecule has 0 aliphatic carbocycles. The van der Waals surface area contributed by atoms with Crippen LogP contribution in [0.15, 0.2) is 72.5 Å². The normalized spacial score (nSPS) is 17.5. The van der Waals surface area contributed by atoms with Crippen molar-refractivity contribution >= 4 is 11.5 Å². The molecule has 0 bridgehead atoms. The van der Waals surface area contributed by atoms with E-state index < -0.39 is 29.3 Å². The first-order valence-corrected chi connectivity index (χ1v) is 9.66. The van der Waals surface area contributed by atoms with Crippen LogP contribution in [0.25, 0.3) is 5.57 Å². The minimum absolute atomic E-state index is 0.124. The smallest absolute Gasteiger partial charge is 0.290 e. The number of fused-ring (bicyclic) bond motifs is 1. The molecule has 3 aromatic rings. The summed E-state index contributed by atoms with van der Waals surface area (Å²) in [6.07, 6.45) is 0. The molecule has 0 fully saturated rings. The van der Waals surface area contributed by atoms with Crippen LogP contribution in [-0.2, 0) is 11.3 Å². The summed E-state index contributed by atoms with van der Waals surface area (Å²) in [6.45, 7) is 0.249. The Morgan fingerprint density at radius 1 is 0.935 bits per heavy atom. The molecular weight excluding hydrogens is 404 g/mol. The second-order valence-corrected chi connectivity index (χ2v) is 7.33. The van der Waals surface area contributed by atoms with Crippen LogP contribution in [0, 0.1) is 11.6 Å². The van der Waals surface area contributed by atoms with Gasteiger partial charge in [0.2, 0.25) is 6.79 Å². The Labute approximate surface area is 176 Å². The number of nitrogens with zero attached hydrogens (tertiary/aromatic N) is 1. The Hall–Kier alpha value is -3.87. The van der Waals surface area contributed by atoms with Gasteiger partial charge in [-0.05, 0) is 41.0 Å². The fourth-order valence-electron chi connectivity index (χ4n) is 3.99. The lowest BCUT2D eigenvalue weighted by Gasteiger charge is -2.27. The first-order valence-electron chi connectivity index (χ1n) is 9.66. The lowest BCUT2D eigenvalue weighted by molar-refractivity contribution is -0.130. The summed E-state index contributed by atoms with van der Waals surface area (Å²) in [5.41, 5.74) is 2.07. The summed E-state index contributed by atoms with van der Waals surface area (Å²) in [5.74, 6) is -1.84. The van der Waals surface area contributed by atoms with Gasteiger partial charge in [-0.1, -0.05) is 42.5 Å². The van der Waals surface area contributed by atoms with E-state index in [2.05, 4.69) is 0 Å². The van der Waals surface area contributed by atoms with Crippen LogP contribution in [0.2, 0.25) is 0 Å². The first kappa shape index (κ1) is 19.1. The van der Waals surface area contributed by atoms with Crippen LogP contribution < -0.4 is 9.47 Å². The number of aliphatic hydroxyl groups is 1. The topological polar surface area (TPSA) is 59.0 Å². The number of carbonyl (C=O) groups excluding carboxylic acids is 1. The minimum atomic E-state index is -1.02. The maximum atomic E-state index is 14.1. The van der Waals surface area contributed by atoms with Crippen molar-refractivity contribution in [1.82, 2.24) is 4.90 Å². The van der Waals surface area contributed by atoms with Gasteiger partial charge in [-0.25, -0.2) is 8.78 Å². The van der Waals surface area contributed by atoms with E-state index in [1.807, 2.05) is 6.07 Å². The number of hydrogen-bond donors (Lipinski definition) is 1. The van der Waals surface area contributed by atoms with Crippen molar-refractivity contribution < 1.29 is 28.2 Å². The molecule has 7 heteroatoms. The van der Waals surface area contributed by atoms with Crippen molar-refractivity contribution in [2.45, 2.75) is 12.6 Å². The molecule has 1 atom stereocenters. The molecule has 0 radical (unpaired) electrons. The van der Waals surface area contributed by atoms with Gasteiger partial charge in [0.05, 0.1) is 6.04 Å². The fraction of sp³-hybridized carbons (Fsp3) is 0.125. The van der Waals surface area contributed by atoms with E-state index in [9.17, 15) is 18.7 Å². The van der Waals surface area contributed by atoms with Gasteiger partial charge >= 0.3 is 0 Å². The van der Waals surface area contributed by atoms with E-state index in [0.29, 0.717) is 28.2 Å². The number of hydrogen-bond acceptors (Lipinski definition) is 4. The first-order chi connectivity index (χ1) is 15.0. The average Bonchev–Trinajstić information content (AvgIpc) is 3.34. The molecule has 31 heavy (non-hydrogen) atoms. The zero-order chi connectivity index (χ0) is 21.5. The Kier molecular flexibility index (Phi) is 4.58. The number of aliphatic hydroxyl groups excluding tert-OH is 1. The van der Waals surface area contributed by atoms with Crippen LogP contribution in [0.4, 0.5) is 8.78 Å². The second-order valence-electron chi connectivity index (χ2n) is 7.33. The van der Waals surface area contributed by atoms with E-state index in [0.717, 1.165) is 17.7 Å². The summed E-state index contributed by atoms with van der Waals surface area (Å²) in [7, 11) is 0. The van der Waals surface area contributed by atoms with Crippen LogP contribution in [0.3, 0.4) is 0 Å². The molecule has 2 heterocycles. The third-order valence-electron chi connectivity index (χ3n) is 5.44. The van der Waals surface area contributed by atoms with E-state index in [-0.39, 0.29) is 13.3 Å². The number of amides is 1. The minimum Gasteiger partial charge on any atom is -0.503 e. The van der Waals surface area contributed by atoms with Crippen LogP contribution in [0.1, 0.15) is 22.7 Å². The molecule has 0 saturated heterocycles. The van der Waals surface area contributed by atoms with Crippen LogP contribution in [0.5, 0.6) is 11.5 Å². The summed E-state index contributed by atoms with van der Waals surface area (Å²) in [4.78, 5) is 14.5. The van der Waals surface area contributed by atoms with Crippen molar-refractivity contribution in [3.8, 4) is 11.5 Å². The Morgan fingerprint density at radius 2 is 1.71 bits per heavy atom. The predicted molar refractivity (Wildman–Crippen MR) is 108 cm³/mol. The summed E-state index contributed by atoms with van der Waals surface area (Å²) in [5, 5.41) is 10.7. The highest BCUT2D eigenvalue weighted by Crippen LogP contribution is 2.44. The number of halogens is 2. The monoisotopic (exact) mass is 421 g/mol. The van der Waals surface area contributed by atoms with Crippen molar-refractivity contribution in [3.05, 3.63) is 101 Å². The van der Waals surface area contributed by atoms with Crippen molar-refractivity contribution in [3.63, 3.8) is 0 Å².